The molecule has 0 spiro atoms. The van der Waals surface area contributed by atoms with Crippen molar-refractivity contribution in [1.82, 2.24) is 15.2 Å². The van der Waals surface area contributed by atoms with Crippen LogP contribution in [-0.4, -0.2) is 47.8 Å². The molecule has 3 N–H and O–H groups in total. The largest absolute Gasteiger partial charge is 0.465 e. The van der Waals surface area contributed by atoms with Gasteiger partial charge in [-0.3, -0.25) is 0 Å². The molecule has 1 aromatic heterocycles. The number of carbonyl (C=O) groups is 1. The summed E-state index contributed by atoms with van der Waals surface area (Å²) in [6.45, 7) is 2.70. The number of likely N-dealkylation sites (N-methyl/N-ethyl adjacent to an activating group) is 1. The van der Waals surface area contributed by atoms with Crippen molar-refractivity contribution in [3.05, 3.63) is 23.4 Å². The molecule has 6 nitrogen and oxygen atoms in total. The number of nitrogens with one attached hydrogen (secondary N) is 2. The number of aromatic nitrogens is 1. The van der Waals surface area contributed by atoms with Crippen molar-refractivity contribution >= 4 is 11.9 Å². The van der Waals surface area contributed by atoms with Crippen LogP contribution in [-0.2, 0) is 13.0 Å². The molecule has 0 unspecified atom stereocenters. The van der Waals surface area contributed by atoms with Gasteiger partial charge >= 0.3 is 6.09 Å². The Balaban J connectivity index is 2.03. The number of pyridine rings is 1. The van der Waals surface area contributed by atoms with Crippen LogP contribution in [0.15, 0.2) is 12.3 Å². The molecular weight excluding hydrogens is 232 g/mol. The summed E-state index contributed by atoms with van der Waals surface area (Å²) in [5.41, 5.74) is 2.19. The number of rotatable bonds is 4. The van der Waals surface area contributed by atoms with Gasteiger partial charge in [0.15, 0.2) is 0 Å². The molecule has 0 fully saturated rings. The van der Waals surface area contributed by atoms with Crippen molar-refractivity contribution in [3.63, 3.8) is 0 Å². The lowest BCUT2D eigenvalue weighted by atomic mass is 10.0. The van der Waals surface area contributed by atoms with Crippen molar-refractivity contribution in [2.45, 2.75) is 13.0 Å². The molecule has 1 aromatic rings. The third-order valence-corrected chi connectivity index (χ3v) is 3.05. The van der Waals surface area contributed by atoms with Gasteiger partial charge < -0.3 is 20.6 Å². The van der Waals surface area contributed by atoms with Crippen LogP contribution >= 0.6 is 0 Å². The highest BCUT2D eigenvalue weighted by Gasteiger charge is 2.20. The van der Waals surface area contributed by atoms with E-state index in [1.165, 1.54) is 10.5 Å². The van der Waals surface area contributed by atoms with E-state index in [1.807, 2.05) is 13.1 Å². The van der Waals surface area contributed by atoms with Crippen LogP contribution in [0.3, 0.4) is 0 Å². The molecule has 1 amide bonds. The predicted octanol–water partition coefficient (Wildman–Crippen LogP) is 0.749. The van der Waals surface area contributed by atoms with E-state index in [0.29, 0.717) is 13.1 Å². The van der Waals surface area contributed by atoms with Crippen molar-refractivity contribution in [2.24, 2.45) is 0 Å². The SMILES string of the molecule is CNCCNc1cc2c(cn1)CN(C(=O)O)CC2. The normalized spacial score (nSPS) is 14.2. The van der Waals surface area contributed by atoms with Crippen molar-refractivity contribution in [3.8, 4) is 0 Å². The summed E-state index contributed by atoms with van der Waals surface area (Å²) in [5, 5.41) is 15.2. The molecule has 0 saturated heterocycles. The van der Waals surface area contributed by atoms with Crippen molar-refractivity contribution in [1.29, 1.82) is 0 Å². The minimum Gasteiger partial charge on any atom is -0.465 e. The molecule has 1 aliphatic rings. The second-order valence-corrected chi connectivity index (χ2v) is 4.32. The summed E-state index contributed by atoms with van der Waals surface area (Å²) in [5.74, 6) is 0.854. The number of nitrogens with zero attached hydrogens (tertiary/aromatic N) is 2. The lowest BCUT2D eigenvalue weighted by Gasteiger charge is -2.26. The average Bonchev–Trinajstić information content (AvgIpc) is 2.38. The number of anilines is 1. The first kappa shape index (κ1) is 12.6. The molecule has 18 heavy (non-hydrogen) atoms. The fourth-order valence-electron chi connectivity index (χ4n) is 2.02. The summed E-state index contributed by atoms with van der Waals surface area (Å²) >= 11 is 0. The number of hydrogen-bond acceptors (Lipinski definition) is 4. The highest BCUT2D eigenvalue weighted by Crippen LogP contribution is 2.20. The maximum atomic E-state index is 10.9. The maximum absolute atomic E-state index is 10.9. The van der Waals surface area contributed by atoms with E-state index in [-0.39, 0.29) is 0 Å². The molecule has 1 aliphatic heterocycles. The number of hydrogen-bond donors (Lipinski definition) is 3. The molecule has 0 radical (unpaired) electrons. The molecule has 0 atom stereocenters. The second-order valence-electron chi connectivity index (χ2n) is 4.32. The average molecular weight is 250 g/mol. The van der Waals surface area contributed by atoms with Crippen molar-refractivity contribution < 1.29 is 9.90 Å². The Morgan fingerprint density at radius 3 is 3.06 bits per heavy atom. The van der Waals surface area contributed by atoms with Gasteiger partial charge in [0, 0.05) is 25.8 Å². The third kappa shape index (κ3) is 2.89. The van der Waals surface area contributed by atoms with E-state index in [2.05, 4.69) is 15.6 Å². The Kier molecular flexibility index (Phi) is 3.99. The van der Waals surface area contributed by atoms with Gasteiger partial charge in [0.2, 0.25) is 0 Å². The molecule has 2 rings (SSSR count). The Labute approximate surface area is 106 Å². The molecular formula is C12H18N4O2. The Morgan fingerprint density at radius 2 is 2.33 bits per heavy atom. The van der Waals surface area contributed by atoms with Crippen LogP contribution < -0.4 is 10.6 Å². The quantitative estimate of drug-likeness (QED) is 0.687. The molecule has 2 heterocycles. The van der Waals surface area contributed by atoms with Gasteiger partial charge in [-0.2, -0.15) is 0 Å². The zero-order valence-corrected chi connectivity index (χ0v) is 10.4. The Bertz CT molecular complexity index is 436. The van der Waals surface area contributed by atoms with E-state index in [4.69, 9.17) is 5.11 Å². The Morgan fingerprint density at radius 1 is 1.50 bits per heavy atom. The smallest absolute Gasteiger partial charge is 0.407 e. The van der Waals surface area contributed by atoms with Gasteiger partial charge in [0.1, 0.15) is 5.82 Å². The molecule has 0 aromatic carbocycles. The third-order valence-electron chi connectivity index (χ3n) is 3.05. The highest BCUT2D eigenvalue weighted by atomic mass is 16.4. The summed E-state index contributed by atoms with van der Waals surface area (Å²) in [4.78, 5) is 16.6. The molecule has 0 saturated carbocycles. The molecule has 0 bridgehead atoms. The maximum Gasteiger partial charge on any atom is 0.407 e. The van der Waals surface area contributed by atoms with Crippen LogP contribution in [0.1, 0.15) is 11.1 Å². The zero-order chi connectivity index (χ0) is 13.0. The fraction of sp³-hybridized carbons (Fsp3) is 0.500. The highest BCUT2D eigenvalue weighted by molar-refractivity contribution is 5.65. The summed E-state index contributed by atoms with van der Waals surface area (Å²) < 4.78 is 0. The first-order valence-corrected chi connectivity index (χ1v) is 6.05. The standard InChI is InChI=1S/C12H18N4O2/c1-13-3-4-14-11-6-9-2-5-16(12(17)18)8-10(9)7-15-11/h6-7,13H,2-5,8H2,1H3,(H,14,15)(H,17,18). The predicted molar refractivity (Wildman–Crippen MR) is 68.8 cm³/mol. The fourth-order valence-corrected chi connectivity index (χ4v) is 2.02. The first-order chi connectivity index (χ1) is 8.70. The topological polar surface area (TPSA) is 77.5 Å². The van der Waals surface area contributed by atoms with E-state index in [9.17, 15) is 4.79 Å². The van der Waals surface area contributed by atoms with Gasteiger partial charge in [-0.15, -0.1) is 0 Å². The van der Waals surface area contributed by atoms with Crippen LogP contribution in [0.5, 0.6) is 0 Å². The minimum atomic E-state index is -0.864. The van der Waals surface area contributed by atoms with Gasteiger partial charge in [0.05, 0.1) is 6.54 Å². The number of fused-ring (bicyclic) bond motifs is 1. The summed E-state index contributed by atoms with van der Waals surface area (Å²) in [6.07, 6.45) is 1.66. The van der Waals surface area contributed by atoms with Gasteiger partial charge in [-0.1, -0.05) is 0 Å². The van der Waals surface area contributed by atoms with E-state index < -0.39 is 6.09 Å². The Hall–Kier alpha value is -1.82. The molecule has 6 heteroatoms. The molecule has 0 aliphatic carbocycles. The van der Waals surface area contributed by atoms with E-state index in [0.717, 1.165) is 30.9 Å². The van der Waals surface area contributed by atoms with Gasteiger partial charge in [0.25, 0.3) is 0 Å². The number of carboxylic acid groups (broad SMARTS) is 1. The van der Waals surface area contributed by atoms with Crippen LogP contribution in [0.2, 0.25) is 0 Å². The second kappa shape index (κ2) is 5.68. The summed E-state index contributed by atoms with van der Waals surface area (Å²) in [6, 6.07) is 2.02. The van der Waals surface area contributed by atoms with Crippen LogP contribution in [0.25, 0.3) is 0 Å². The minimum absolute atomic E-state index is 0.439. The van der Waals surface area contributed by atoms with Crippen LogP contribution in [0.4, 0.5) is 10.6 Å². The number of amides is 1. The van der Waals surface area contributed by atoms with Crippen molar-refractivity contribution in [2.75, 3.05) is 32.0 Å². The summed E-state index contributed by atoms with van der Waals surface area (Å²) in [7, 11) is 1.91. The van der Waals surface area contributed by atoms with E-state index in [1.54, 1.807) is 6.20 Å². The molecule has 98 valence electrons. The lowest BCUT2D eigenvalue weighted by molar-refractivity contribution is 0.140. The first-order valence-electron chi connectivity index (χ1n) is 6.05. The van der Waals surface area contributed by atoms with Gasteiger partial charge in [-0.05, 0) is 30.7 Å². The van der Waals surface area contributed by atoms with Gasteiger partial charge in [-0.25, -0.2) is 9.78 Å². The zero-order valence-electron chi connectivity index (χ0n) is 10.4. The van der Waals surface area contributed by atoms with E-state index >= 15 is 0 Å². The lowest BCUT2D eigenvalue weighted by Crippen LogP contribution is -2.34. The van der Waals surface area contributed by atoms with Crippen LogP contribution in [0, 0.1) is 0 Å². The monoisotopic (exact) mass is 250 g/mol.